The molecule has 0 bridgehead atoms. The average Bonchev–Trinajstić information content (AvgIpc) is 2.74. The molecule has 0 unspecified atom stereocenters. The third-order valence-electron chi connectivity index (χ3n) is 6.49. The molecular weight excluding hydrogens is 368 g/mol. The maximum absolute atomic E-state index is 10.9. The Labute approximate surface area is 184 Å². The predicted molar refractivity (Wildman–Crippen MR) is 130 cm³/mol. The second-order valence-corrected chi connectivity index (χ2v) is 8.97. The monoisotopic (exact) mass is 410 g/mol. The van der Waals surface area contributed by atoms with Crippen molar-refractivity contribution in [2.75, 3.05) is 11.4 Å². The number of hydrogen-bond donors (Lipinski definition) is 1. The SMILES string of the molecule is CCc1cc(CN/C(C)=C\C(=C/C=O)C(C)C)c(C)c(N(CC)C2CCCCC2)c1. The second kappa shape index (κ2) is 12.0. The molecule has 30 heavy (non-hydrogen) atoms. The van der Waals surface area contributed by atoms with Gasteiger partial charge in [-0.3, -0.25) is 4.79 Å². The smallest absolute Gasteiger partial charge is 0.143 e. The van der Waals surface area contributed by atoms with Crippen LogP contribution in [-0.2, 0) is 17.8 Å². The number of hydrogen-bond acceptors (Lipinski definition) is 3. The van der Waals surface area contributed by atoms with E-state index >= 15 is 0 Å². The van der Waals surface area contributed by atoms with Crippen LogP contribution >= 0.6 is 0 Å². The Morgan fingerprint density at radius 2 is 1.90 bits per heavy atom. The first-order valence-corrected chi connectivity index (χ1v) is 11.9. The van der Waals surface area contributed by atoms with Crippen LogP contribution < -0.4 is 10.2 Å². The lowest BCUT2D eigenvalue weighted by Gasteiger charge is -2.37. The number of anilines is 1. The van der Waals surface area contributed by atoms with Crippen molar-refractivity contribution in [2.24, 2.45) is 5.92 Å². The first-order chi connectivity index (χ1) is 14.4. The number of carbonyl (C=O) groups excluding carboxylic acids is 1. The van der Waals surface area contributed by atoms with E-state index in [-0.39, 0.29) is 0 Å². The number of aryl methyl sites for hydroxylation is 1. The Kier molecular flexibility index (Phi) is 9.68. The molecule has 2 rings (SSSR count). The van der Waals surface area contributed by atoms with E-state index in [9.17, 15) is 4.79 Å². The molecule has 1 aliphatic carbocycles. The van der Waals surface area contributed by atoms with Crippen LogP contribution in [0.2, 0.25) is 0 Å². The van der Waals surface area contributed by atoms with Crippen LogP contribution in [0.25, 0.3) is 0 Å². The summed E-state index contributed by atoms with van der Waals surface area (Å²) >= 11 is 0. The van der Waals surface area contributed by atoms with Gasteiger partial charge in [0.25, 0.3) is 0 Å². The Morgan fingerprint density at radius 1 is 1.20 bits per heavy atom. The lowest BCUT2D eigenvalue weighted by molar-refractivity contribution is -0.104. The van der Waals surface area contributed by atoms with Crippen LogP contribution in [0.4, 0.5) is 5.69 Å². The number of rotatable bonds is 10. The zero-order valence-corrected chi connectivity index (χ0v) is 20.1. The zero-order chi connectivity index (χ0) is 22.1. The average molecular weight is 411 g/mol. The number of aldehydes is 1. The first kappa shape index (κ1) is 24.2. The molecule has 0 aliphatic heterocycles. The highest BCUT2D eigenvalue weighted by molar-refractivity contribution is 5.67. The molecule has 0 saturated heterocycles. The van der Waals surface area contributed by atoms with E-state index in [4.69, 9.17) is 0 Å². The summed E-state index contributed by atoms with van der Waals surface area (Å²) in [6, 6.07) is 5.46. The van der Waals surface area contributed by atoms with Gasteiger partial charge >= 0.3 is 0 Å². The quantitative estimate of drug-likeness (QED) is 0.272. The van der Waals surface area contributed by atoms with E-state index in [1.165, 1.54) is 54.5 Å². The molecule has 0 radical (unpaired) electrons. The van der Waals surface area contributed by atoms with Gasteiger partial charge in [0.2, 0.25) is 0 Å². The largest absolute Gasteiger partial charge is 0.384 e. The van der Waals surface area contributed by atoms with Crippen molar-refractivity contribution in [3.8, 4) is 0 Å². The maximum atomic E-state index is 10.9. The standard InChI is InChI=1S/C27H42N2O/c1-7-23-17-25(19-28-21(5)16-24(14-15-30)20(3)4)22(6)27(18-23)29(8-2)26-12-10-9-11-13-26/h14-18,20,26,28H,7-13,19H2,1-6H3/b21-16-,24-14+. The van der Waals surface area contributed by atoms with Gasteiger partial charge in [0, 0.05) is 30.5 Å². The highest BCUT2D eigenvalue weighted by Crippen LogP contribution is 2.32. The summed E-state index contributed by atoms with van der Waals surface area (Å²) in [5.41, 5.74) is 7.76. The molecule has 0 atom stereocenters. The fraction of sp³-hybridized carbons (Fsp3) is 0.593. The summed E-state index contributed by atoms with van der Waals surface area (Å²) in [4.78, 5) is 13.6. The van der Waals surface area contributed by atoms with E-state index in [0.29, 0.717) is 12.0 Å². The van der Waals surface area contributed by atoms with Gasteiger partial charge in [-0.25, -0.2) is 0 Å². The van der Waals surface area contributed by atoms with Gasteiger partial charge in [0.05, 0.1) is 0 Å². The van der Waals surface area contributed by atoms with Crippen molar-refractivity contribution in [2.45, 2.75) is 92.7 Å². The number of nitrogens with one attached hydrogen (secondary N) is 1. The van der Waals surface area contributed by atoms with E-state index in [0.717, 1.165) is 37.1 Å². The number of nitrogens with zero attached hydrogens (tertiary/aromatic N) is 1. The third kappa shape index (κ3) is 6.48. The van der Waals surface area contributed by atoms with Crippen molar-refractivity contribution >= 4 is 12.0 Å². The minimum Gasteiger partial charge on any atom is -0.384 e. The van der Waals surface area contributed by atoms with Crippen molar-refractivity contribution in [1.82, 2.24) is 5.32 Å². The molecule has 3 nitrogen and oxygen atoms in total. The number of allylic oxidation sites excluding steroid dienone is 4. The first-order valence-electron chi connectivity index (χ1n) is 11.9. The minimum absolute atomic E-state index is 0.331. The van der Waals surface area contributed by atoms with Gasteiger partial charge in [-0.1, -0.05) is 46.1 Å². The molecule has 3 heteroatoms. The highest BCUT2D eigenvalue weighted by atomic mass is 16.1. The lowest BCUT2D eigenvalue weighted by atomic mass is 9.92. The van der Waals surface area contributed by atoms with Crippen molar-refractivity contribution < 1.29 is 4.79 Å². The summed E-state index contributed by atoms with van der Waals surface area (Å²) in [7, 11) is 0. The summed E-state index contributed by atoms with van der Waals surface area (Å²) in [5, 5.41) is 3.58. The zero-order valence-electron chi connectivity index (χ0n) is 20.1. The Bertz CT molecular complexity index is 754. The molecule has 0 heterocycles. The van der Waals surface area contributed by atoms with Crippen LogP contribution in [0.5, 0.6) is 0 Å². The van der Waals surface area contributed by atoms with Gasteiger partial charge < -0.3 is 10.2 Å². The fourth-order valence-electron chi connectivity index (χ4n) is 4.55. The van der Waals surface area contributed by atoms with Gasteiger partial charge in [0.15, 0.2) is 0 Å². The molecule has 1 aliphatic rings. The van der Waals surface area contributed by atoms with Gasteiger partial charge in [-0.15, -0.1) is 0 Å². The van der Waals surface area contributed by atoms with E-state index < -0.39 is 0 Å². The molecular formula is C27H42N2O. The van der Waals surface area contributed by atoms with Crippen molar-refractivity contribution in [3.05, 3.63) is 52.2 Å². The molecule has 1 N–H and O–H groups in total. The lowest BCUT2D eigenvalue weighted by Crippen LogP contribution is -2.37. The molecule has 1 aromatic carbocycles. The Morgan fingerprint density at radius 3 is 2.47 bits per heavy atom. The highest BCUT2D eigenvalue weighted by Gasteiger charge is 2.22. The topological polar surface area (TPSA) is 32.3 Å². The molecule has 0 amide bonds. The number of benzene rings is 1. The summed E-state index contributed by atoms with van der Waals surface area (Å²) in [5.74, 6) is 0.331. The summed E-state index contributed by atoms with van der Waals surface area (Å²) in [6.45, 7) is 15.0. The summed E-state index contributed by atoms with van der Waals surface area (Å²) in [6.07, 6.45) is 12.4. The van der Waals surface area contributed by atoms with E-state index in [1.807, 2.05) is 0 Å². The van der Waals surface area contributed by atoms with Crippen LogP contribution in [0.15, 0.2) is 35.6 Å². The van der Waals surface area contributed by atoms with Crippen LogP contribution in [0.1, 0.15) is 83.4 Å². The molecule has 166 valence electrons. The van der Waals surface area contributed by atoms with Gasteiger partial charge in [-0.2, -0.15) is 0 Å². The Hall–Kier alpha value is -2.03. The summed E-state index contributed by atoms with van der Waals surface area (Å²) < 4.78 is 0. The third-order valence-corrected chi connectivity index (χ3v) is 6.49. The van der Waals surface area contributed by atoms with Crippen LogP contribution in [0.3, 0.4) is 0 Å². The second-order valence-electron chi connectivity index (χ2n) is 8.97. The van der Waals surface area contributed by atoms with Crippen LogP contribution in [0, 0.1) is 12.8 Å². The van der Waals surface area contributed by atoms with Crippen molar-refractivity contribution in [3.63, 3.8) is 0 Å². The van der Waals surface area contributed by atoms with Crippen molar-refractivity contribution in [1.29, 1.82) is 0 Å². The van der Waals surface area contributed by atoms with E-state index in [2.05, 4.69) is 70.0 Å². The predicted octanol–water partition coefficient (Wildman–Crippen LogP) is 6.49. The van der Waals surface area contributed by atoms with E-state index in [1.54, 1.807) is 6.08 Å². The Balaban J connectivity index is 2.26. The fourth-order valence-corrected chi connectivity index (χ4v) is 4.55. The maximum Gasteiger partial charge on any atom is 0.143 e. The number of carbonyl (C=O) groups is 1. The van der Waals surface area contributed by atoms with Gasteiger partial charge in [-0.05, 0) is 86.4 Å². The molecule has 1 saturated carbocycles. The van der Waals surface area contributed by atoms with Gasteiger partial charge in [0.1, 0.15) is 6.29 Å². The molecule has 1 fully saturated rings. The minimum atomic E-state index is 0.331. The van der Waals surface area contributed by atoms with Crippen LogP contribution in [-0.4, -0.2) is 18.9 Å². The normalized spacial score (nSPS) is 16.1. The molecule has 0 aromatic heterocycles. The molecule has 0 spiro atoms. The molecule has 1 aromatic rings.